The largest absolute Gasteiger partial charge is 0.507 e. The highest BCUT2D eigenvalue weighted by atomic mass is 16.3. The normalized spacial score (nSPS) is 16.7. The molecule has 0 aliphatic heterocycles. The topological polar surface area (TPSA) is 123 Å². The Labute approximate surface area is 161 Å². The maximum absolute atomic E-state index is 12.1. The van der Waals surface area contributed by atoms with Gasteiger partial charge in [0.1, 0.15) is 11.5 Å². The fraction of sp³-hybridized carbons (Fsp3) is 0.200. The van der Waals surface area contributed by atoms with Crippen LogP contribution in [0.5, 0.6) is 11.5 Å². The van der Waals surface area contributed by atoms with Crippen molar-refractivity contribution in [2.45, 2.75) is 25.7 Å². The number of phenols is 2. The molecule has 2 amide bonds. The molecule has 1 aliphatic carbocycles. The minimum absolute atomic E-state index is 0.113. The van der Waals surface area contributed by atoms with Crippen molar-refractivity contribution in [3.05, 3.63) is 59.7 Å². The average molecular weight is 380 g/mol. The van der Waals surface area contributed by atoms with E-state index in [-0.39, 0.29) is 22.6 Å². The molecular weight excluding hydrogens is 360 g/mol. The molecule has 0 spiro atoms. The van der Waals surface area contributed by atoms with Crippen molar-refractivity contribution in [2.75, 3.05) is 0 Å². The van der Waals surface area contributed by atoms with Crippen LogP contribution in [-0.4, -0.2) is 33.5 Å². The van der Waals surface area contributed by atoms with E-state index in [4.69, 9.17) is 0 Å². The van der Waals surface area contributed by atoms with E-state index in [0.717, 1.165) is 17.8 Å². The lowest BCUT2D eigenvalue weighted by Gasteiger charge is -2.15. The van der Waals surface area contributed by atoms with Crippen molar-refractivity contribution < 1.29 is 19.8 Å². The van der Waals surface area contributed by atoms with Gasteiger partial charge in [-0.2, -0.15) is 10.2 Å². The molecule has 1 saturated carbocycles. The van der Waals surface area contributed by atoms with Crippen LogP contribution in [0.4, 0.5) is 0 Å². The molecule has 144 valence electrons. The molecule has 0 atom stereocenters. The van der Waals surface area contributed by atoms with E-state index in [1.165, 1.54) is 24.3 Å². The summed E-state index contributed by atoms with van der Waals surface area (Å²) in [6, 6.07) is 12.4. The highest BCUT2D eigenvalue weighted by molar-refractivity contribution is 6.07. The molecule has 1 fully saturated rings. The molecule has 0 aromatic heterocycles. The van der Waals surface area contributed by atoms with Crippen LogP contribution < -0.4 is 10.9 Å². The number of nitrogens with one attached hydrogen (secondary N) is 2. The summed E-state index contributed by atoms with van der Waals surface area (Å²) in [7, 11) is 0. The Hall–Kier alpha value is -3.68. The molecule has 1 aliphatic rings. The molecule has 0 saturated heterocycles. The molecule has 2 aromatic carbocycles. The molecule has 8 heteroatoms. The van der Waals surface area contributed by atoms with Crippen LogP contribution >= 0.6 is 0 Å². The van der Waals surface area contributed by atoms with Crippen molar-refractivity contribution in [2.24, 2.45) is 10.2 Å². The third-order valence-corrected chi connectivity index (χ3v) is 4.27. The van der Waals surface area contributed by atoms with Crippen molar-refractivity contribution in [3.8, 4) is 11.5 Å². The van der Waals surface area contributed by atoms with Crippen molar-refractivity contribution in [3.63, 3.8) is 0 Å². The Morgan fingerprint density at radius 1 is 0.750 bits per heavy atom. The highest BCUT2D eigenvalue weighted by Gasteiger charge is 2.16. The SMILES string of the molecule is O=C(NN=C1CCCC(=NNC(=O)c2ccccc2O)C1)c1ccccc1O. The second kappa shape index (κ2) is 8.81. The number of nitrogens with zero attached hydrogens (tertiary/aromatic N) is 2. The van der Waals surface area contributed by atoms with Crippen LogP contribution in [0.1, 0.15) is 46.4 Å². The number of carbonyl (C=O) groups excluding carboxylic acids is 2. The van der Waals surface area contributed by atoms with Crippen LogP contribution in [0.15, 0.2) is 58.7 Å². The first-order chi connectivity index (χ1) is 13.5. The first kappa shape index (κ1) is 19.1. The van der Waals surface area contributed by atoms with Crippen LogP contribution in [0, 0.1) is 0 Å². The molecule has 0 heterocycles. The van der Waals surface area contributed by atoms with Gasteiger partial charge < -0.3 is 10.2 Å². The maximum atomic E-state index is 12.1. The number of amides is 2. The van der Waals surface area contributed by atoms with Gasteiger partial charge >= 0.3 is 0 Å². The number of hydrogen-bond acceptors (Lipinski definition) is 6. The van der Waals surface area contributed by atoms with Crippen molar-refractivity contribution >= 4 is 23.2 Å². The molecule has 0 unspecified atom stereocenters. The Bertz CT molecular complexity index is 877. The number of hydrogen-bond donors (Lipinski definition) is 4. The minimum Gasteiger partial charge on any atom is -0.507 e. The van der Waals surface area contributed by atoms with E-state index in [1.54, 1.807) is 24.3 Å². The Kier molecular flexibility index (Phi) is 6.01. The lowest BCUT2D eigenvalue weighted by atomic mass is 9.97. The summed E-state index contributed by atoms with van der Waals surface area (Å²) in [6.45, 7) is 0. The predicted molar refractivity (Wildman–Crippen MR) is 104 cm³/mol. The lowest BCUT2D eigenvalue weighted by Crippen LogP contribution is -2.25. The maximum Gasteiger partial charge on any atom is 0.275 e. The van der Waals surface area contributed by atoms with Gasteiger partial charge in [0.25, 0.3) is 11.8 Å². The van der Waals surface area contributed by atoms with Gasteiger partial charge in [-0.05, 0) is 43.5 Å². The fourth-order valence-corrected chi connectivity index (χ4v) is 2.81. The van der Waals surface area contributed by atoms with Gasteiger partial charge in [0.2, 0.25) is 0 Å². The molecule has 28 heavy (non-hydrogen) atoms. The van der Waals surface area contributed by atoms with E-state index in [0.29, 0.717) is 19.3 Å². The Balaban J connectivity index is 1.60. The van der Waals surface area contributed by atoms with E-state index >= 15 is 0 Å². The van der Waals surface area contributed by atoms with Gasteiger partial charge in [-0.3, -0.25) is 9.59 Å². The van der Waals surface area contributed by atoms with Gasteiger partial charge in [-0.15, -0.1) is 0 Å². The van der Waals surface area contributed by atoms with Gasteiger partial charge in [-0.1, -0.05) is 24.3 Å². The van der Waals surface area contributed by atoms with E-state index in [1.807, 2.05) is 0 Å². The number of para-hydroxylation sites is 2. The summed E-state index contributed by atoms with van der Waals surface area (Å²) < 4.78 is 0. The monoisotopic (exact) mass is 380 g/mol. The first-order valence-corrected chi connectivity index (χ1v) is 8.82. The van der Waals surface area contributed by atoms with Crippen molar-refractivity contribution in [1.82, 2.24) is 10.9 Å². The third-order valence-electron chi connectivity index (χ3n) is 4.27. The molecular formula is C20H20N4O4. The number of rotatable bonds is 4. The van der Waals surface area contributed by atoms with Crippen LogP contribution in [-0.2, 0) is 0 Å². The van der Waals surface area contributed by atoms with E-state index in [2.05, 4.69) is 21.1 Å². The summed E-state index contributed by atoms with van der Waals surface area (Å²) in [4.78, 5) is 24.2. The summed E-state index contributed by atoms with van der Waals surface area (Å²) in [5.74, 6) is -1.22. The standard InChI is InChI=1S/C20H20N4O4/c25-17-10-3-1-8-15(17)19(27)23-21-13-6-5-7-14(12-13)22-24-20(28)16-9-2-4-11-18(16)26/h1-4,8-11,25-26H,5-7,12H2,(H,23,27)(H,24,28). The van der Waals surface area contributed by atoms with Gasteiger partial charge in [0.05, 0.1) is 11.1 Å². The van der Waals surface area contributed by atoms with Crippen LogP contribution in [0.3, 0.4) is 0 Å². The van der Waals surface area contributed by atoms with Gasteiger partial charge in [0, 0.05) is 17.8 Å². The number of hydrazone groups is 2. The zero-order valence-electron chi connectivity index (χ0n) is 15.1. The van der Waals surface area contributed by atoms with E-state index in [9.17, 15) is 19.8 Å². The highest BCUT2D eigenvalue weighted by Crippen LogP contribution is 2.17. The van der Waals surface area contributed by atoms with Gasteiger partial charge in [-0.25, -0.2) is 10.9 Å². The third kappa shape index (κ3) is 4.73. The molecule has 0 radical (unpaired) electrons. The number of aromatic hydroxyl groups is 2. The minimum atomic E-state index is -0.498. The van der Waals surface area contributed by atoms with Crippen LogP contribution in [0.25, 0.3) is 0 Å². The zero-order chi connectivity index (χ0) is 19.9. The van der Waals surface area contributed by atoms with Crippen molar-refractivity contribution in [1.29, 1.82) is 0 Å². The fourth-order valence-electron chi connectivity index (χ4n) is 2.81. The predicted octanol–water partition coefficient (Wildman–Crippen LogP) is 2.54. The second-order valence-electron chi connectivity index (χ2n) is 6.30. The number of carbonyl (C=O) groups is 2. The summed E-state index contributed by atoms with van der Waals surface area (Å²) in [6.07, 6.45) is 2.61. The Morgan fingerprint density at radius 3 is 1.61 bits per heavy atom. The second-order valence-corrected chi connectivity index (χ2v) is 6.30. The average Bonchev–Trinajstić information content (AvgIpc) is 2.71. The summed E-state index contributed by atoms with van der Waals surface area (Å²) in [5, 5.41) is 27.7. The van der Waals surface area contributed by atoms with Gasteiger partial charge in [0.15, 0.2) is 0 Å². The molecule has 4 N–H and O–H groups in total. The Morgan fingerprint density at radius 2 is 1.18 bits per heavy atom. The molecule has 2 aromatic rings. The smallest absolute Gasteiger partial charge is 0.275 e. The quantitative estimate of drug-likeness (QED) is 0.609. The lowest BCUT2D eigenvalue weighted by molar-refractivity contribution is 0.0944. The molecule has 8 nitrogen and oxygen atoms in total. The first-order valence-electron chi connectivity index (χ1n) is 8.82. The number of phenolic OH excluding ortho intramolecular Hbond substituents is 2. The number of benzene rings is 2. The summed E-state index contributed by atoms with van der Waals surface area (Å²) >= 11 is 0. The van der Waals surface area contributed by atoms with Crippen LogP contribution in [0.2, 0.25) is 0 Å². The molecule has 3 rings (SSSR count). The molecule has 0 bridgehead atoms. The summed E-state index contributed by atoms with van der Waals surface area (Å²) in [5.41, 5.74) is 6.63. The van der Waals surface area contributed by atoms with E-state index < -0.39 is 11.8 Å². The zero-order valence-corrected chi connectivity index (χ0v) is 15.1.